The van der Waals surface area contributed by atoms with E-state index in [1.807, 2.05) is 0 Å². The maximum atomic E-state index is 5.33. The molecule has 1 atom stereocenters. The van der Waals surface area contributed by atoms with E-state index in [9.17, 15) is 0 Å². The second-order valence-electron chi connectivity index (χ2n) is 8.45. The molecule has 168 valence electrons. The number of hydrogen-bond donors (Lipinski definition) is 0. The molecule has 0 N–H and O–H groups in total. The van der Waals surface area contributed by atoms with Crippen LogP contribution in [-0.4, -0.2) is 48.5 Å². The van der Waals surface area contributed by atoms with Gasteiger partial charge < -0.3 is 9.80 Å². The summed E-state index contributed by atoms with van der Waals surface area (Å²) in [5.74, 6) is 2.06. The van der Waals surface area contributed by atoms with Crippen molar-refractivity contribution < 1.29 is 0 Å². The molecular weight excluding hydrogens is 342 g/mol. The monoisotopic (exact) mass is 395 g/mol. The van der Waals surface area contributed by atoms with Gasteiger partial charge in [0.2, 0.25) is 0 Å². The van der Waals surface area contributed by atoms with Gasteiger partial charge in [-0.1, -0.05) is 86.5 Å². The van der Waals surface area contributed by atoms with Gasteiger partial charge in [-0.2, -0.15) is 0 Å². The summed E-state index contributed by atoms with van der Waals surface area (Å²) < 4.78 is 0. The Morgan fingerprint density at radius 2 is 1.00 bits per heavy atom. The van der Waals surface area contributed by atoms with Crippen molar-refractivity contribution in [3.63, 3.8) is 0 Å². The minimum Gasteiger partial charge on any atom is -0.343 e. The number of unbranched alkanes of at least 4 members (excludes halogenated alkanes) is 5. The first-order chi connectivity index (χ1) is 13.7. The topological polar surface area (TPSA) is 18.8 Å². The molecule has 0 aromatic rings. The number of nitrogens with zero attached hydrogens (tertiary/aromatic N) is 3. The highest BCUT2D eigenvalue weighted by Crippen LogP contribution is 2.15. The van der Waals surface area contributed by atoms with Crippen LogP contribution in [0.25, 0.3) is 0 Å². The molecule has 1 unspecified atom stereocenters. The zero-order chi connectivity index (χ0) is 21.0. The number of hydrogen-bond acceptors (Lipinski definition) is 1. The van der Waals surface area contributed by atoms with Crippen molar-refractivity contribution in [3.8, 4) is 0 Å². The molecule has 28 heavy (non-hydrogen) atoms. The van der Waals surface area contributed by atoms with Crippen molar-refractivity contribution in [1.82, 2.24) is 9.80 Å². The molecule has 0 aromatic heterocycles. The summed E-state index contributed by atoms with van der Waals surface area (Å²) in [5, 5.41) is 0. The Bertz CT molecular complexity index is 316. The van der Waals surface area contributed by atoms with Gasteiger partial charge in [-0.15, -0.1) is 0 Å². The fourth-order valence-electron chi connectivity index (χ4n) is 3.55. The smallest absolute Gasteiger partial charge is 0.196 e. The van der Waals surface area contributed by atoms with Crippen LogP contribution in [0.15, 0.2) is 4.99 Å². The molecule has 0 aliphatic heterocycles. The first-order valence-corrected chi connectivity index (χ1v) is 12.7. The number of rotatable bonds is 18. The van der Waals surface area contributed by atoms with E-state index in [0.29, 0.717) is 0 Å². The second-order valence-corrected chi connectivity index (χ2v) is 8.45. The molecule has 0 bridgehead atoms. The maximum Gasteiger partial charge on any atom is 0.196 e. The predicted octanol–water partition coefficient (Wildman–Crippen LogP) is 7.36. The van der Waals surface area contributed by atoms with Gasteiger partial charge in [-0.3, -0.25) is 4.99 Å². The Labute approximate surface area is 178 Å². The van der Waals surface area contributed by atoms with Crippen LogP contribution in [0.4, 0.5) is 0 Å². The summed E-state index contributed by atoms with van der Waals surface area (Å²) >= 11 is 0. The fourth-order valence-corrected chi connectivity index (χ4v) is 3.55. The molecule has 0 spiro atoms. The Balaban J connectivity index is 5.52. The third kappa shape index (κ3) is 12.7. The molecule has 0 radical (unpaired) electrons. The fraction of sp³-hybridized carbons (Fsp3) is 0.960. The Morgan fingerprint density at radius 1 is 0.607 bits per heavy atom. The second kappa shape index (κ2) is 19.6. The van der Waals surface area contributed by atoms with Crippen molar-refractivity contribution in [2.24, 2.45) is 10.9 Å². The average molecular weight is 396 g/mol. The molecule has 0 rings (SSSR count). The number of guanidine groups is 1. The van der Waals surface area contributed by atoms with Crippen LogP contribution in [0, 0.1) is 5.92 Å². The Hall–Kier alpha value is -0.730. The predicted molar refractivity (Wildman–Crippen MR) is 128 cm³/mol. The van der Waals surface area contributed by atoms with Crippen LogP contribution in [-0.2, 0) is 0 Å². The Kier molecular flexibility index (Phi) is 19.1. The average Bonchev–Trinajstić information content (AvgIpc) is 2.72. The van der Waals surface area contributed by atoms with Crippen LogP contribution < -0.4 is 0 Å². The van der Waals surface area contributed by atoms with Crippen molar-refractivity contribution >= 4 is 5.96 Å². The van der Waals surface area contributed by atoms with Gasteiger partial charge in [-0.25, -0.2) is 0 Å². The minimum absolute atomic E-state index is 0.744. The lowest BCUT2D eigenvalue weighted by atomic mass is 10.00. The summed E-state index contributed by atoms with van der Waals surface area (Å²) in [5.41, 5.74) is 0. The van der Waals surface area contributed by atoms with E-state index in [1.54, 1.807) is 0 Å². The molecule has 0 aliphatic rings. The van der Waals surface area contributed by atoms with Gasteiger partial charge in [0, 0.05) is 32.7 Å². The highest BCUT2D eigenvalue weighted by molar-refractivity contribution is 5.80. The van der Waals surface area contributed by atoms with Crippen molar-refractivity contribution in [1.29, 1.82) is 0 Å². The molecule has 0 aliphatic carbocycles. The third-order valence-electron chi connectivity index (χ3n) is 5.73. The SMILES string of the molecule is CCCCC(CC)CN=C(N(CCCC)CCCC)N(CCCC)CCCC. The van der Waals surface area contributed by atoms with Gasteiger partial charge in [-0.05, 0) is 38.0 Å². The lowest BCUT2D eigenvalue weighted by molar-refractivity contribution is 0.297. The molecule has 0 heterocycles. The normalized spacial score (nSPS) is 12.1. The van der Waals surface area contributed by atoms with E-state index < -0.39 is 0 Å². The van der Waals surface area contributed by atoms with Crippen LogP contribution in [0.5, 0.6) is 0 Å². The lowest BCUT2D eigenvalue weighted by Gasteiger charge is -2.35. The van der Waals surface area contributed by atoms with E-state index in [4.69, 9.17) is 4.99 Å². The third-order valence-corrected chi connectivity index (χ3v) is 5.73. The van der Waals surface area contributed by atoms with E-state index >= 15 is 0 Å². The molecule has 0 saturated carbocycles. The van der Waals surface area contributed by atoms with Gasteiger partial charge >= 0.3 is 0 Å². The van der Waals surface area contributed by atoms with E-state index in [2.05, 4.69) is 51.3 Å². The van der Waals surface area contributed by atoms with Gasteiger partial charge in [0.05, 0.1) is 0 Å². The highest BCUT2D eigenvalue weighted by Gasteiger charge is 2.18. The quantitative estimate of drug-likeness (QED) is 0.178. The molecule has 3 nitrogen and oxygen atoms in total. The van der Waals surface area contributed by atoms with Crippen LogP contribution in [0.3, 0.4) is 0 Å². The molecule has 0 amide bonds. The first kappa shape index (κ1) is 27.3. The maximum absolute atomic E-state index is 5.33. The molecule has 0 fully saturated rings. The van der Waals surface area contributed by atoms with Crippen molar-refractivity contribution in [3.05, 3.63) is 0 Å². The Morgan fingerprint density at radius 3 is 1.32 bits per heavy atom. The van der Waals surface area contributed by atoms with E-state index in [1.165, 1.54) is 83.0 Å². The highest BCUT2D eigenvalue weighted by atomic mass is 15.4. The summed E-state index contributed by atoms with van der Waals surface area (Å²) in [6.07, 6.45) is 15.3. The van der Waals surface area contributed by atoms with Gasteiger partial charge in [0.1, 0.15) is 0 Å². The van der Waals surface area contributed by atoms with E-state index in [0.717, 1.165) is 38.6 Å². The van der Waals surface area contributed by atoms with Crippen LogP contribution >= 0.6 is 0 Å². The number of aliphatic imine (C=N–C) groups is 1. The minimum atomic E-state index is 0.744. The largest absolute Gasteiger partial charge is 0.343 e. The molecular formula is C25H53N3. The lowest BCUT2D eigenvalue weighted by Crippen LogP contribution is -2.46. The summed E-state index contributed by atoms with van der Waals surface area (Å²) in [7, 11) is 0. The zero-order valence-electron chi connectivity index (χ0n) is 20.4. The first-order valence-electron chi connectivity index (χ1n) is 12.7. The van der Waals surface area contributed by atoms with Crippen LogP contribution in [0.1, 0.15) is 119 Å². The molecule has 0 saturated heterocycles. The standard InChI is InChI=1S/C25H53N3/c1-7-13-18-24(12-6)23-26-25(27(19-14-8-2)20-15-9-3)28(21-16-10-4)22-17-11-5/h24H,7-23H2,1-6H3. The van der Waals surface area contributed by atoms with Gasteiger partial charge in [0.25, 0.3) is 0 Å². The summed E-state index contributed by atoms with van der Waals surface area (Å²) in [6.45, 7) is 19.5. The van der Waals surface area contributed by atoms with Crippen molar-refractivity contribution in [2.45, 2.75) is 119 Å². The van der Waals surface area contributed by atoms with Gasteiger partial charge in [0.15, 0.2) is 5.96 Å². The summed E-state index contributed by atoms with van der Waals surface area (Å²) in [6, 6.07) is 0. The zero-order valence-corrected chi connectivity index (χ0v) is 20.4. The molecule has 3 heteroatoms. The van der Waals surface area contributed by atoms with Crippen LogP contribution in [0.2, 0.25) is 0 Å². The van der Waals surface area contributed by atoms with E-state index in [-0.39, 0.29) is 0 Å². The molecule has 0 aromatic carbocycles. The van der Waals surface area contributed by atoms with Crippen molar-refractivity contribution in [2.75, 3.05) is 32.7 Å². The summed E-state index contributed by atoms with van der Waals surface area (Å²) in [4.78, 5) is 10.6.